The minimum absolute atomic E-state index is 0.00396. The molecule has 3 N–H and O–H groups in total. The van der Waals surface area contributed by atoms with Crippen molar-refractivity contribution in [3.63, 3.8) is 0 Å². The van der Waals surface area contributed by atoms with Gasteiger partial charge in [-0.3, -0.25) is 9.78 Å². The molecule has 4 rings (SSSR count). The van der Waals surface area contributed by atoms with Crippen LogP contribution in [0, 0.1) is 0 Å². The molecule has 1 fully saturated rings. The molecular weight excluding hydrogens is 408 g/mol. The van der Waals surface area contributed by atoms with Crippen molar-refractivity contribution in [1.82, 2.24) is 9.88 Å². The van der Waals surface area contributed by atoms with Crippen molar-refractivity contribution in [2.45, 2.75) is 19.6 Å². The van der Waals surface area contributed by atoms with Crippen LogP contribution in [0.5, 0.6) is 0 Å². The molecule has 1 amide bonds. The third-order valence-electron chi connectivity index (χ3n) is 5.38. The lowest BCUT2D eigenvalue weighted by atomic mass is 10.1. The molecule has 30 heavy (non-hydrogen) atoms. The average molecular weight is 431 g/mol. The Hall–Kier alpha value is -2.97. The first kappa shape index (κ1) is 20.3. The molecule has 0 saturated carbocycles. The van der Waals surface area contributed by atoms with Crippen LogP contribution in [0.2, 0.25) is 5.02 Å². The van der Waals surface area contributed by atoms with Crippen molar-refractivity contribution in [3.8, 4) is 0 Å². The maximum absolute atomic E-state index is 12.7. The number of aliphatic hydroxyl groups excluding tert-OH is 1. The zero-order chi connectivity index (χ0) is 21.3. The van der Waals surface area contributed by atoms with Crippen LogP contribution in [0.15, 0.2) is 45.6 Å². The number of H-pyrrole nitrogens is 1. The highest BCUT2D eigenvalue weighted by molar-refractivity contribution is 6.31. The second-order valence-electron chi connectivity index (χ2n) is 7.40. The summed E-state index contributed by atoms with van der Waals surface area (Å²) in [4.78, 5) is 30.6. The largest absolute Gasteiger partial charge is 0.417 e. The standard InChI is InChI=1S/C21H23ClN4O4/c1-13-11-25(6-7-26(13)16-3-4-17(22)14(8-16)12-27)20(28)10-23-15-2-5-18-19(9-15)30-21(29)24-18/h2-5,8-9,13,23,27H,6-7,10-12H2,1H3,(H,24,29)/t13-/m1/s1. The van der Waals surface area contributed by atoms with Crippen LogP contribution >= 0.6 is 11.6 Å². The number of oxazole rings is 1. The molecule has 1 aliphatic rings. The van der Waals surface area contributed by atoms with Crippen molar-refractivity contribution < 1.29 is 14.3 Å². The lowest BCUT2D eigenvalue weighted by Gasteiger charge is -2.41. The molecule has 0 aliphatic carbocycles. The molecule has 158 valence electrons. The van der Waals surface area contributed by atoms with Crippen LogP contribution in [0.4, 0.5) is 11.4 Å². The topological polar surface area (TPSA) is 102 Å². The van der Waals surface area contributed by atoms with Gasteiger partial charge in [0, 0.05) is 48.1 Å². The Morgan fingerprint density at radius 2 is 2.13 bits per heavy atom. The van der Waals surface area contributed by atoms with Gasteiger partial charge in [0.2, 0.25) is 5.91 Å². The minimum atomic E-state index is -0.503. The Kier molecular flexibility index (Phi) is 5.69. The number of hydrogen-bond donors (Lipinski definition) is 3. The summed E-state index contributed by atoms with van der Waals surface area (Å²) in [7, 11) is 0. The highest BCUT2D eigenvalue weighted by atomic mass is 35.5. The molecule has 2 aromatic carbocycles. The van der Waals surface area contributed by atoms with E-state index in [-0.39, 0.29) is 25.1 Å². The normalized spacial score (nSPS) is 16.8. The summed E-state index contributed by atoms with van der Waals surface area (Å²) in [6.45, 7) is 4.02. The molecule has 1 aliphatic heterocycles. The Balaban J connectivity index is 1.36. The summed E-state index contributed by atoms with van der Waals surface area (Å²) in [5, 5.41) is 13.1. The number of hydrogen-bond acceptors (Lipinski definition) is 6. The van der Waals surface area contributed by atoms with Crippen molar-refractivity contribution in [2.24, 2.45) is 0 Å². The first-order valence-corrected chi connectivity index (χ1v) is 10.1. The first-order chi connectivity index (χ1) is 14.4. The SMILES string of the molecule is C[C@@H]1CN(C(=O)CNc2ccc3[nH]c(=O)oc3c2)CCN1c1ccc(Cl)c(CO)c1. The molecule has 9 heteroatoms. The quantitative estimate of drug-likeness (QED) is 0.574. The number of amides is 1. The third-order valence-corrected chi connectivity index (χ3v) is 5.74. The molecule has 0 unspecified atom stereocenters. The number of nitrogens with one attached hydrogen (secondary N) is 2. The lowest BCUT2D eigenvalue weighted by molar-refractivity contribution is -0.130. The van der Waals surface area contributed by atoms with Gasteiger partial charge in [-0.15, -0.1) is 0 Å². The molecule has 3 aromatic rings. The molecule has 0 bridgehead atoms. The van der Waals surface area contributed by atoms with Crippen molar-refractivity contribution in [2.75, 3.05) is 36.4 Å². The van der Waals surface area contributed by atoms with E-state index in [1.807, 2.05) is 17.0 Å². The predicted octanol–water partition coefficient (Wildman–Crippen LogP) is 2.42. The molecule has 0 spiro atoms. The van der Waals surface area contributed by atoms with Crippen LogP contribution in [0.3, 0.4) is 0 Å². The van der Waals surface area contributed by atoms with Crippen LogP contribution in [-0.2, 0) is 11.4 Å². The van der Waals surface area contributed by atoms with Gasteiger partial charge >= 0.3 is 5.76 Å². The average Bonchev–Trinajstić information content (AvgIpc) is 3.11. The second-order valence-corrected chi connectivity index (χ2v) is 7.80. The van der Waals surface area contributed by atoms with Crippen LogP contribution in [-0.4, -0.2) is 53.1 Å². The zero-order valence-electron chi connectivity index (χ0n) is 16.5. The molecular formula is C21H23ClN4O4. The highest BCUT2D eigenvalue weighted by Gasteiger charge is 2.27. The highest BCUT2D eigenvalue weighted by Crippen LogP contribution is 2.26. The third kappa shape index (κ3) is 4.15. The number of aromatic nitrogens is 1. The molecule has 1 aromatic heterocycles. The Labute approximate surface area is 178 Å². The fourth-order valence-electron chi connectivity index (χ4n) is 3.77. The summed E-state index contributed by atoms with van der Waals surface area (Å²) in [5.74, 6) is -0.499. The van der Waals surface area contributed by atoms with Gasteiger partial charge in [0.15, 0.2) is 5.58 Å². The monoisotopic (exact) mass is 430 g/mol. The Bertz CT molecular complexity index is 1130. The van der Waals surface area contributed by atoms with Gasteiger partial charge in [-0.25, -0.2) is 4.79 Å². The number of aliphatic hydroxyl groups is 1. The molecule has 1 saturated heterocycles. The van der Waals surface area contributed by atoms with Crippen molar-refractivity contribution >= 4 is 40.0 Å². The van der Waals surface area contributed by atoms with Crippen LogP contribution < -0.4 is 16.0 Å². The van der Waals surface area contributed by atoms with E-state index in [1.165, 1.54) is 0 Å². The number of piperazine rings is 1. The van der Waals surface area contributed by atoms with Gasteiger partial charge in [-0.1, -0.05) is 11.6 Å². The van der Waals surface area contributed by atoms with E-state index in [0.717, 1.165) is 5.69 Å². The molecule has 0 radical (unpaired) electrons. The van der Waals surface area contributed by atoms with Crippen LogP contribution in [0.25, 0.3) is 11.1 Å². The van der Waals surface area contributed by atoms with Gasteiger partial charge in [0.25, 0.3) is 0 Å². The van der Waals surface area contributed by atoms with Gasteiger partial charge < -0.3 is 24.6 Å². The first-order valence-electron chi connectivity index (χ1n) is 9.75. The van der Waals surface area contributed by atoms with E-state index in [9.17, 15) is 14.7 Å². The predicted molar refractivity (Wildman–Crippen MR) is 116 cm³/mol. The number of carbonyl (C=O) groups is 1. The lowest BCUT2D eigenvalue weighted by Crippen LogP contribution is -2.54. The fraction of sp³-hybridized carbons (Fsp3) is 0.333. The van der Waals surface area contributed by atoms with E-state index in [0.29, 0.717) is 47.0 Å². The van der Waals surface area contributed by atoms with Gasteiger partial charge in [0.1, 0.15) is 0 Å². The number of halogens is 1. The second kappa shape index (κ2) is 8.41. The van der Waals surface area contributed by atoms with E-state index in [4.69, 9.17) is 16.0 Å². The maximum atomic E-state index is 12.7. The van der Waals surface area contributed by atoms with E-state index >= 15 is 0 Å². The summed E-state index contributed by atoms with van der Waals surface area (Å²) in [5.41, 5.74) is 3.46. The maximum Gasteiger partial charge on any atom is 0.417 e. The molecule has 8 nitrogen and oxygen atoms in total. The minimum Gasteiger partial charge on any atom is -0.408 e. The number of carbonyl (C=O) groups excluding carboxylic acids is 1. The van der Waals surface area contributed by atoms with E-state index in [2.05, 4.69) is 22.1 Å². The zero-order valence-corrected chi connectivity index (χ0v) is 17.3. The fourth-order valence-corrected chi connectivity index (χ4v) is 3.95. The summed E-state index contributed by atoms with van der Waals surface area (Å²) in [6.07, 6.45) is 0. The smallest absolute Gasteiger partial charge is 0.408 e. The number of benzene rings is 2. The summed E-state index contributed by atoms with van der Waals surface area (Å²) >= 11 is 6.09. The molecule has 1 atom stereocenters. The summed E-state index contributed by atoms with van der Waals surface area (Å²) in [6, 6.07) is 11.0. The number of fused-ring (bicyclic) bond motifs is 1. The van der Waals surface area contributed by atoms with Gasteiger partial charge in [-0.05, 0) is 42.8 Å². The number of aromatic amines is 1. The van der Waals surface area contributed by atoms with Gasteiger partial charge in [-0.2, -0.15) is 0 Å². The summed E-state index contributed by atoms with van der Waals surface area (Å²) < 4.78 is 5.05. The van der Waals surface area contributed by atoms with Gasteiger partial charge in [0.05, 0.1) is 18.7 Å². The van der Waals surface area contributed by atoms with E-state index in [1.54, 1.807) is 24.3 Å². The number of anilines is 2. The molecule has 2 heterocycles. The number of nitrogens with zero attached hydrogens (tertiary/aromatic N) is 2. The Morgan fingerprint density at radius 1 is 1.30 bits per heavy atom. The van der Waals surface area contributed by atoms with Crippen molar-refractivity contribution in [1.29, 1.82) is 0 Å². The van der Waals surface area contributed by atoms with E-state index < -0.39 is 5.76 Å². The number of rotatable bonds is 5. The van der Waals surface area contributed by atoms with Crippen LogP contribution in [0.1, 0.15) is 12.5 Å². The van der Waals surface area contributed by atoms with Crippen molar-refractivity contribution in [3.05, 3.63) is 57.5 Å². The Morgan fingerprint density at radius 3 is 2.90 bits per heavy atom.